The van der Waals surface area contributed by atoms with Gasteiger partial charge in [0.15, 0.2) is 5.96 Å². The minimum atomic E-state index is 0. The van der Waals surface area contributed by atoms with Gasteiger partial charge in [0.25, 0.3) is 0 Å². The van der Waals surface area contributed by atoms with Crippen LogP contribution in [-0.4, -0.2) is 23.9 Å². The largest absolute Gasteiger partial charge is 0.370 e. The summed E-state index contributed by atoms with van der Waals surface area (Å²) in [4.78, 5) is 7.68. The number of hydrogen-bond donors (Lipinski definition) is 1. The van der Waals surface area contributed by atoms with Gasteiger partial charge >= 0.3 is 0 Å². The fourth-order valence-corrected chi connectivity index (χ4v) is 2.73. The first-order chi connectivity index (χ1) is 7.16. The van der Waals surface area contributed by atoms with Gasteiger partial charge in [-0.2, -0.15) is 0 Å². The van der Waals surface area contributed by atoms with Gasteiger partial charge in [-0.1, -0.05) is 0 Å². The molecular formula is C10H15BrIN3S. The molecule has 0 unspecified atom stereocenters. The Balaban J connectivity index is 0.00000128. The Labute approximate surface area is 125 Å². The van der Waals surface area contributed by atoms with E-state index in [0.29, 0.717) is 18.5 Å². The first kappa shape index (κ1) is 14.2. The molecule has 0 radical (unpaired) electrons. The minimum Gasteiger partial charge on any atom is -0.370 e. The molecule has 0 spiro atoms. The molecule has 0 bridgehead atoms. The van der Waals surface area contributed by atoms with Crippen molar-refractivity contribution in [3.8, 4) is 0 Å². The molecule has 0 atom stereocenters. The summed E-state index contributed by atoms with van der Waals surface area (Å²) in [6.45, 7) is 0.680. The van der Waals surface area contributed by atoms with Crippen LogP contribution in [0.1, 0.15) is 17.7 Å². The zero-order chi connectivity index (χ0) is 10.8. The maximum Gasteiger partial charge on any atom is 0.191 e. The maximum absolute atomic E-state index is 5.88. The third-order valence-electron chi connectivity index (χ3n) is 2.47. The third-order valence-corrected chi connectivity index (χ3v) is 4.16. The van der Waals surface area contributed by atoms with Crippen molar-refractivity contribution in [2.24, 2.45) is 10.7 Å². The standard InChI is InChI=1S/C10H14BrN3S.HI/c1-14(8-2-3-8)10(12)13-5-9-4-7(11)6-15-9;/h4,6,8H,2-3,5H2,1H3,(H2,12,13);1H. The third kappa shape index (κ3) is 3.89. The Bertz CT molecular complexity index is 376. The van der Waals surface area contributed by atoms with Crippen LogP contribution in [0.25, 0.3) is 0 Å². The first-order valence-corrected chi connectivity index (χ1v) is 6.60. The average Bonchev–Trinajstić information content (AvgIpc) is 2.98. The molecule has 1 aromatic rings. The number of thiophene rings is 1. The Morgan fingerprint density at radius 1 is 1.69 bits per heavy atom. The summed E-state index contributed by atoms with van der Waals surface area (Å²) in [5, 5.41) is 2.06. The highest BCUT2D eigenvalue weighted by Gasteiger charge is 2.27. The molecule has 16 heavy (non-hydrogen) atoms. The molecule has 1 aliphatic carbocycles. The SMILES string of the molecule is CN(C(N)=NCc1cc(Br)cs1)C1CC1.I. The van der Waals surface area contributed by atoms with Crippen LogP contribution in [0.2, 0.25) is 0 Å². The second-order valence-electron chi connectivity index (χ2n) is 3.75. The lowest BCUT2D eigenvalue weighted by Crippen LogP contribution is -2.35. The summed E-state index contributed by atoms with van der Waals surface area (Å²) in [7, 11) is 2.01. The van der Waals surface area contributed by atoms with Gasteiger partial charge in [-0.25, -0.2) is 4.99 Å². The smallest absolute Gasteiger partial charge is 0.191 e. The van der Waals surface area contributed by atoms with Crippen molar-refractivity contribution in [1.29, 1.82) is 0 Å². The Morgan fingerprint density at radius 2 is 2.38 bits per heavy atom. The van der Waals surface area contributed by atoms with E-state index in [1.807, 2.05) is 7.05 Å². The molecular weight excluding hydrogens is 401 g/mol. The summed E-state index contributed by atoms with van der Waals surface area (Å²) >= 11 is 5.12. The maximum atomic E-state index is 5.88. The van der Waals surface area contributed by atoms with E-state index < -0.39 is 0 Å². The summed E-state index contributed by atoms with van der Waals surface area (Å²) in [5.41, 5.74) is 5.88. The molecule has 1 aromatic heterocycles. The summed E-state index contributed by atoms with van der Waals surface area (Å²) in [6.07, 6.45) is 2.49. The zero-order valence-electron chi connectivity index (χ0n) is 9.02. The van der Waals surface area contributed by atoms with Gasteiger partial charge in [0.05, 0.1) is 6.54 Å². The molecule has 0 amide bonds. The molecule has 6 heteroatoms. The van der Waals surface area contributed by atoms with Crippen LogP contribution in [0.3, 0.4) is 0 Å². The number of aliphatic imine (C=N–C) groups is 1. The molecule has 1 saturated carbocycles. The van der Waals surface area contributed by atoms with Crippen LogP contribution in [0.5, 0.6) is 0 Å². The van der Waals surface area contributed by atoms with Gasteiger partial charge in [0.1, 0.15) is 0 Å². The predicted octanol–water partition coefficient (Wildman–Crippen LogP) is 3.04. The molecule has 2 rings (SSSR count). The van der Waals surface area contributed by atoms with Crippen molar-refractivity contribution in [3.05, 3.63) is 20.8 Å². The quantitative estimate of drug-likeness (QED) is 0.468. The lowest BCUT2D eigenvalue weighted by molar-refractivity contribution is 0.487. The molecule has 0 aliphatic heterocycles. The number of nitrogens with zero attached hydrogens (tertiary/aromatic N) is 2. The van der Waals surface area contributed by atoms with Crippen molar-refractivity contribution >= 4 is 57.2 Å². The zero-order valence-corrected chi connectivity index (χ0v) is 13.8. The van der Waals surface area contributed by atoms with E-state index in [-0.39, 0.29) is 24.0 Å². The second-order valence-corrected chi connectivity index (χ2v) is 5.66. The van der Waals surface area contributed by atoms with E-state index in [1.54, 1.807) is 11.3 Å². The first-order valence-electron chi connectivity index (χ1n) is 4.92. The van der Waals surface area contributed by atoms with E-state index >= 15 is 0 Å². The Kier molecular flexibility index (Phi) is 5.52. The number of rotatable bonds is 3. The van der Waals surface area contributed by atoms with Gasteiger partial charge < -0.3 is 10.6 Å². The van der Waals surface area contributed by atoms with E-state index in [1.165, 1.54) is 17.7 Å². The van der Waals surface area contributed by atoms with Crippen molar-refractivity contribution < 1.29 is 0 Å². The summed E-state index contributed by atoms with van der Waals surface area (Å²) in [5.74, 6) is 0.655. The molecule has 1 heterocycles. The molecule has 1 aliphatic rings. The van der Waals surface area contributed by atoms with Crippen molar-refractivity contribution in [1.82, 2.24) is 4.90 Å². The van der Waals surface area contributed by atoms with Crippen LogP contribution in [0, 0.1) is 0 Å². The Morgan fingerprint density at radius 3 is 2.88 bits per heavy atom. The van der Waals surface area contributed by atoms with Gasteiger partial charge in [-0.15, -0.1) is 35.3 Å². The lowest BCUT2D eigenvalue weighted by Gasteiger charge is -2.16. The van der Waals surface area contributed by atoms with Crippen LogP contribution in [0.4, 0.5) is 0 Å². The van der Waals surface area contributed by atoms with Crippen molar-refractivity contribution in [2.45, 2.75) is 25.4 Å². The topological polar surface area (TPSA) is 41.6 Å². The molecule has 0 saturated heterocycles. The number of hydrogen-bond acceptors (Lipinski definition) is 2. The fraction of sp³-hybridized carbons (Fsp3) is 0.500. The van der Waals surface area contributed by atoms with Crippen LogP contribution in [-0.2, 0) is 6.54 Å². The molecule has 1 fully saturated rings. The van der Waals surface area contributed by atoms with Gasteiger partial charge in [0, 0.05) is 27.8 Å². The van der Waals surface area contributed by atoms with E-state index in [4.69, 9.17) is 5.73 Å². The highest BCUT2D eigenvalue weighted by atomic mass is 127. The normalized spacial score (nSPS) is 15.8. The average molecular weight is 416 g/mol. The van der Waals surface area contributed by atoms with Crippen LogP contribution >= 0.6 is 51.2 Å². The van der Waals surface area contributed by atoms with E-state index in [0.717, 1.165) is 4.47 Å². The lowest BCUT2D eigenvalue weighted by atomic mass is 10.5. The van der Waals surface area contributed by atoms with E-state index in [2.05, 4.69) is 37.3 Å². The second kappa shape index (κ2) is 6.20. The molecule has 90 valence electrons. The van der Waals surface area contributed by atoms with Crippen molar-refractivity contribution in [3.63, 3.8) is 0 Å². The summed E-state index contributed by atoms with van der Waals surface area (Å²) < 4.78 is 1.12. The van der Waals surface area contributed by atoms with Gasteiger partial charge in [0.2, 0.25) is 0 Å². The monoisotopic (exact) mass is 415 g/mol. The van der Waals surface area contributed by atoms with Gasteiger partial charge in [-0.3, -0.25) is 0 Å². The minimum absolute atomic E-state index is 0. The van der Waals surface area contributed by atoms with Crippen LogP contribution in [0.15, 0.2) is 20.9 Å². The van der Waals surface area contributed by atoms with E-state index in [9.17, 15) is 0 Å². The molecule has 0 aromatic carbocycles. The Hall–Kier alpha value is 0.180. The number of guanidine groups is 1. The number of halogens is 2. The highest BCUT2D eigenvalue weighted by molar-refractivity contribution is 14.0. The van der Waals surface area contributed by atoms with Gasteiger partial charge in [-0.05, 0) is 34.8 Å². The van der Waals surface area contributed by atoms with Crippen LogP contribution < -0.4 is 5.73 Å². The number of nitrogens with two attached hydrogens (primary N) is 1. The summed E-state index contributed by atoms with van der Waals surface area (Å²) in [6, 6.07) is 2.71. The van der Waals surface area contributed by atoms with Crippen molar-refractivity contribution in [2.75, 3.05) is 7.05 Å². The predicted molar refractivity (Wildman–Crippen MR) is 83.5 cm³/mol. The fourth-order valence-electron chi connectivity index (χ4n) is 1.36. The molecule has 2 N–H and O–H groups in total. The molecule has 3 nitrogen and oxygen atoms in total. The highest BCUT2D eigenvalue weighted by Crippen LogP contribution is 2.25.